The highest BCUT2D eigenvalue weighted by Gasteiger charge is 2.22. The second-order valence-electron chi connectivity index (χ2n) is 2.93. The standard InChI is InChI=1S/C10H13N3O4/c1-3-16-9(14)7-8(10(15)17-4-2)13-6(11)5-12-7/h5H,3-4H2,1-2H3,(H2,11,13). The summed E-state index contributed by atoms with van der Waals surface area (Å²) in [6.07, 6.45) is 1.18. The number of esters is 2. The van der Waals surface area contributed by atoms with Crippen LogP contribution in [0.4, 0.5) is 5.82 Å². The third-order valence-corrected chi connectivity index (χ3v) is 1.73. The van der Waals surface area contributed by atoms with Crippen molar-refractivity contribution in [1.29, 1.82) is 0 Å². The molecule has 0 radical (unpaired) electrons. The molecule has 0 atom stereocenters. The summed E-state index contributed by atoms with van der Waals surface area (Å²) in [5.74, 6) is -1.46. The number of carbonyl (C=O) groups is 2. The molecule has 17 heavy (non-hydrogen) atoms. The zero-order valence-electron chi connectivity index (χ0n) is 9.60. The summed E-state index contributed by atoms with van der Waals surface area (Å²) < 4.78 is 9.49. The van der Waals surface area contributed by atoms with Crippen LogP contribution < -0.4 is 5.73 Å². The predicted octanol–water partition coefficient (Wildman–Crippen LogP) is 0.412. The highest BCUT2D eigenvalue weighted by Crippen LogP contribution is 2.09. The number of anilines is 1. The van der Waals surface area contributed by atoms with Gasteiger partial charge < -0.3 is 15.2 Å². The van der Waals surface area contributed by atoms with Crippen molar-refractivity contribution in [2.75, 3.05) is 18.9 Å². The van der Waals surface area contributed by atoms with Gasteiger partial charge in [0, 0.05) is 0 Å². The van der Waals surface area contributed by atoms with Crippen LogP contribution in [0.15, 0.2) is 6.20 Å². The first kappa shape index (κ1) is 12.9. The highest BCUT2D eigenvalue weighted by molar-refractivity contribution is 6.00. The van der Waals surface area contributed by atoms with E-state index in [4.69, 9.17) is 15.2 Å². The predicted molar refractivity (Wildman–Crippen MR) is 58.4 cm³/mol. The number of aromatic nitrogens is 2. The topological polar surface area (TPSA) is 104 Å². The lowest BCUT2D eigenvalue weighted by Crippen LogP contribution is -2.18. The summed E-state index contributed by atoms with van der Waals surface area (Å²) in [6, 6.07) is 0. The molecule has 0 saturated heterocycles. The number of nitrogens with zero attached hydrogens (tertiary/aromatic N) is 2. The maximum atomic E-state index is 11.5. The van der Waals surface area contributed by atoms with Gasteiger partial charge in [-0.3, -0.25) is 0 Å². The lowest BCUT2D eigenvalue weighted by Gasteiger charge is -2.06. The molecule has 0 fully saturated rings. The Morgan fingerprint density at radius 1 is 1.18 bits per heavy atom. The van der Waals surface area contributed by atoms with E-state index in [1.165, 1.54) is 6.20 Å². The van der Waals surface area contributed by atoms with Gasteiger partial charge >= 0.3 is 11.9 Å². The molecule has 0 saturated carbocycles. The maximum Gasteiger partial charge on any atom is 0.359 e. The van der Waals surface area contributed by atoms with E-state index in [1.54, 1.807) is 13.8 Å². The van der Waals surface area contributed by atoms with Crippen molar-refractivity contribution < 1.29 is 19.1 Å². The molecule has 92 valence electrons. The van der Waals surface area contributed by atoms with Gasteiger partial charge in [-0.05, 0) is 13.8 Å². The van der Waals surface area contributed by atoms with Crippen LogP contribution in [0.1, 0.15) is 34.8 Å². The molecular formula is C10H13N3O4. The third-order valence-electron chi connectivity index (χ3n) is 1.73. The molecule has 1 heterocycles. The van der Waals surface area contributed by atoms with E-state index in [0.717, 1.165) is 0 Å². The van der Waals surface area contributed by atoms with E-state index in [1.807, 2.05) is 0 Å². The first-order chi connectivity index (χ1) is 8.10. The average molecular weight is 239 g/mol. The normalized spacial score (nSPS) is 9.76. The number of rotatable bonds is 4. The minimum atomic E-state index is -0.754. The molecule has 0 amide bonds. The van der Waals surface area contributed by atoms with Crippen LogP contribution in [-0.4, -0.2) is 35.1 Å². The molecule has 1 rings (SSSR count). The second-order valence-corrected chi connectivity index (χ2v) is 2.93. The van der Waals surface area contributed by atoms with Crippen molar-refractivity contribution in [3.63, 3.8) is 0 Å². The van der Waals surface area contributed by atoms with Crippen molar-refractivity contribution in [3.05, 3.63) is 17.6 Å². The van der Waals surface area contributed by atoms with Crippen LogP contribution in [0, 0.1) is 0 Å². The molecule has 0 aliphatic carbocycles. The smallest absolute Gasteiger partial charge is 0.359 e. The minimum Gasteiger partial charge on any atom is -0.461 e. The second kappa shape index (κ2) is 5.78. The first-order valence-electron chi connectivity index (χ1n) is 5.06. The van der Waals surface area contributed by atoms with Crippen LogP contribution in [0.25, 0.3) is 0 Å². The van der Waals surface area contributed by atoms with Gasteiger partial charge in [0.05, 0.1) is 19.4 Å². The third kappa shape index (κ3) is 3.13. The zero-order chi connectivity index (χ0) is 12.8. The molecule has 0 aliphatic rings. The van der Waals surface area contributed by atoms with Crippen molar-refractivity contribution in [2.24, 2.45) is 0 Å². The number of ether oxygens (including phenoxy) is 2. The Balaban J connectivity index is 3.11. The number of hydrogen-bond acceptors (Lipinski definition) is 7. The summed E-state index contributed by atoms with van der Waals surface area (Å²) >= 11 is 0. The Labute approximate surface area is 98.0 Å². The van der Waals surface area contributed by atoms with E-state index in [0.29, 0.717) is 0 Å². The largest absolute Gasteiger partial charge is 0.461 e. The molecular weight excluding hydrogens is 226 g/mol. The van der Waals surface area contributed by atoms with Crippen LogP contribution in [0.5, 0.6) is 0 Å². The van der Waals surface area contributed by atoms with Crippen LogP contribution in [-0.2, 0) is 9.47 Å². The Hall–Kier alpha value is -2.18. The fraction of sp³-hybridized carbons (Fsp3) is 0.400. The molecule has 1 aromatic rings. The van der Waals surface area contributed by atoms with Gasteiger partial charge in [0.2, 0.25) is 0 Å². The average Bonchev–Trinajstić information content (AvgIpc) is 2.29. The molecule has 2 N–H and O–H groups in total. The Morgan fingerprint density at radius 3 is 2.24 bits per heavy atom. The summed E-state index contributed by atoms with van der Waals surface area (Å²) in [7, 11) is 0. The lowest BCUT2D eigenvalue weighted by molar-refractivity contribution is 0.0468. The van der Waals surface area contributed by atoms with E-state index in [9.17, 15) is 9.59 Å². The lowest BCUT2D eigenvalue weighted by atomic mass is 10.3. The molecule has 0 spiro atoms. The number of carbonyl (C=O) groups excluding carboxylic acids is 2. The molecule has 7 nitrogen and oxygen atoms in total. The van der Waals surface area contributed by atoms with Gasteiger partial charge in [-0.2, -0.15) is 0 Å². The summed E-state index contributed by atoms with van der Waals surface area (Å²) in [4.78, 5) is 30.5. The number of nitrogen functional groups attached to an aromatic ring is 1. The summed E-state index contributed by atoms with van der Waals surface area (Å²) in [6.45, 7) is 3.62. The van der Waals surface area contributed by atoms with Crippen LogP contribution >= 0.6 is 0 Å². The molecule has 0 aromatic carbocycles. The molecule has 7 heteroatoms. The van der Waals surface area contributed by atoms with Crippen molar-refractivity contribution in [1.82, 2.24) is 9.97 Å². The van der Waals surface area contributed by atoms with Gasteiger partial charge in [0.15, 0.2) is 11.4 Å². The number of nitrogens with two attached hydrogens (primary N) is 1. The molecule has 0 aliphatic heterocycles. The Morgan fingerprint density at radius 2 is 1.71 bits per heavy atom. The first-order valence-corrected chi connectivity index (χ1v) is 5.06. The fourth-order valence-electron chi connectivity index (χ4n) is 1.09. The van der Waals surface area contributed by atoms with Gasteiger partial charge in [-0.15, -0.1) is 0 Å². The van der Waals surface area contributed by atoms with Crippen LogP contribution in [0.3, 0.4) is 0 Å². The van der Waals surface area contributed by atoms with Gasteiger partial charge in [-0.1, -0.05) is 0 Å². The van der Waals surface area contributed by atoms with Crippen molar-refractivity contribution >= 4 is 17.8 Å². The number of hydrogen-bond donors (Lipinski definition) is 1. The van der Waals surface area contributed by atoms with Crippen molar-refractivity contribution in [2.45, 2.75) is 13.8 Å². The minimum absolute atomic E-state index is 0.0288. The molecule has 1 aromatic heterocycles. The van der Waals surface area contributed by atoms with Gasteiger partial charge in [0.1, 0.15) is 5.82 Å². The van der Waals surface area contributed by atoms with E-state index in [-0.39, 0.29) is 30.4 Å². The SMILES string of the molecule is CCOC(=O)c1ncc(N)nc1C(=O)OCC. The monoisotopic (exact) mass is 239 g/mol. The maximum absolute atomic E-state index is 11.5. The quantitative estimate of drug-likeness (QED) is 0.758. The van der Waals surface area contributed by atoms with Gasteiger partial charge in [-0.25, -0.2) is 19.6 Å². The molecule has 0 bridgehead atoms. The summed E-state index contributed by atoms with van der Waals surface area (Å²) in [5, 5.41) is 0. The van der Waals surface area contributed by atoms with E-state index in [2.05, 4.69) is 9.97 Å². The molecule has 0 unspecified atom stereocenters. The Kier molecular flexibility index (Phi) is 4.38. The summed E-state index contributed by atoms with van der Waals surface area (Å²) in [5.41, 5.74) is 4.98. The zero-order valence-corrected chi connectivity index (χ0v) is 9.60. The van der Waals surface area contributed by atoms with Crippen molar-refractivity contribution in [3.8, 4) is 0 Å². The highest BCUT2D eigenvalue weighted by atomic mass is 16.5. The van der Waals surface area contributed by atoms with E-state index >= 15 is 0 Å². The van der Waals surface area contributed by atoms with E-state index < -0.39 is 11.9 Å². The van der Waals surface area contributed by atoms with Gasteiger partial charge in [0.25, 0.3) is 0 Å². The Bertz CT molecular complexity index is 434. The fourth-order valence-corrected chi connectivity index (χ4v) is 1.09. The van der Waals surface area contributed by atoms with Crippen LogP contribution in [0.2, 0.25) is 0 Å².